The second-order valence-corrected chi connectivity index (χ2v) is 4.52. The molecule has 126 valence electrons. The van der Waals surface area contributed by atoms with Crippen LogP contribution in [0.4, 0.5) is 17.6 Å². The first kappa shape index (κ1) is 17.5. The van der Waals surface area contributed by atoms with Crippen molar-refractivity contribution in [3.63, 3.8) is 0 Å². The Morgan fingerprint density at radius 1 is 0.917 bits per heavy atom. The van der Waals surface area contributed by atoms with Crippen molar-refractivity contribution in [2.45, 2.75) is 13.2 Å². The number of allylic oxidation sites excluding steroid dienone is 1. The van der Waals surface area contributed by atoms with Crippen molar-refractivity contribution in [1.29, 1.82) is 0 Å². The maximum Gasteiger partial charge on any atom is 0.387 e. The topological polar surface area (TPSA) is 35.5 Å². The molecule has 2 rings (SSSR count). The third-order valence-corrected chi connectivity index (χ3v) is 2.89. The lowest BCUT2D eigenvalue weighted by Crippen LogP contribution is -2.03. The fourth-order valence-electron chi connectivity index (χ4n) is 1.91. The Balaban J connectivity index is 2.16. The minimum Gasteiger partial charge on any atom is -0.435 e. The smallest absolute Gasteiger partial charge is 0.387 e. The molecule has 0 bridgehead atoms. The van der Waals surface area contributed by atoms with Gasteiger partial charge in [0.25, 0.3) is 0 Å². The molecule has 0 aromatic heterocycles. The van der Waals surface area contributed by atoms with E-state index in [9.17, 15) is 22.4 Å². The summed E-state index contributed by atoms with van der Waals surface area (Å²) in [7, 11) is 0. The van der Waals surface area contributed by atoms with Gasteiger partial charge in [0.2, 0.25) is 0 Å². The number of ketones is 1. The molecule has 0 saturated carbocycles. The van der Waals surface area contributed by atoms with E-state index in [4.69, 9.17) is 0 Å². The fraction of sp³-hybridized carbons (Fsp3) is 0.118. The third-order valence-electron chi connectivity index (χ3n) is 2.89. The van der Waals surface area contributed by atoms with Crippen LogP contribution in [0.15, 0.2) is 54.6 Å². The van der Waals surface area contributed by atoms with Crippen LogP contribution >= 0.6 is 0 Å². The maximum atomic E-state index is 12.3. The molecule has 0 fully saturated rings. The molecule has 7 heteroatoms. The molecule has 24 heavy (non-hydrogen) atoms. The molecule has 0 aliphatic heterocycles. The Labute approximate surface area is 135 Å². The van der Waals surface area contributed by atoms with Gasteiger partial charge in [-0.25, -0.2) is 0 Å². The molecular weight excluding hydrogens is 328 g/mol. The predicted octanol–water partition coefficient (Wildman–Crippen LogP) is 4.79. The van der Waals surface area contributed by atoms with Crippen LogP contribution in [0.25, 0.3) is 6.08 Å². The number of hydrogen-bond acceptors (Lipinski definition) is 3. The lowest BCUT2D eigenvalue weighted by Gasteiger charge is -2.07. The van der Waals surface area contributed by atoms with Crippen LogP contribution in [0.5, 0.6) is 11.5 Å². The molecular formula is C17H12F4O3. The van der Waals surface area contributed by atoms with E-state index in [1.54, 1.807) is 6.07 Å². The predicted molar refractivity (Wildman–Crippen MR) is 79.5 cm³/mol. The molecule has 0 saturated heterocycles. The van der Waals surface area contributed by atoms with Crippen molar-refractivity contribution >= 4 is 11.9 Å². The van der Waals surface area contributed by atoms with Crippen LogP contribution in [0.3, 0.4) is 0 Å². The monoisotopic (exact) mass is 340 g/mol. The largest absolute Gasteiger partial charge is 0.435 e. The summed E-state index contributed by atoms with van der Waals surface area (Å²) in [4.78, 5) is 12.1. The Kier molecular flexibility index (Phi) is 5.95. The van der Waals surface area contributed by atoms with Crippen LogP contribution in [0.2, 0.25) is 0 Å². The zero-order valence-corrected chi connectivity index (χ0v) is 12.2. The Morgan fingerprint density at radius 3 is 2.33 bits per heavy atom. The van der Waals surface area contributed by atoms with Crippen molar-refractivity contribution in [2.75, 3.05) is 0 Å². The van der Waals surface area contributed by atoms with Crippen LogP contribution in [0.1, 0.15) is 15.9 Å². The first-order valence-corrected chi connectivity index (χ1v) is 6.77. The van der Waals surface area contributed by atoms with E-state index in [-0.39, 0.29) is 22.6 Å². The van der Waals surface area contributed by atoms with Gasteiger partial charge in [0.1, 0.15) is 11.5 Å². The number of halogens is 4. The van der Waals surface area contributed by atoms with Gasteiger partial charge in [-0.1, -0.05) is 30.3 Å². The van der Waals surface area contributed by atoms with Crippen LogP contribution in [-0.4, -0.2) is 19.0 Å². The molecule has 0 heterocycles. The molecule has 2 aromatic rings. The first-order valence-electron chi connectivity index (χ1n) is 6.77. The van der Waals surface area contributed by atoms with Gasteiger partial charge < -0.3 is 9.47 Å². The average Bonchev–Trinajstić information content (AvgIpc) is 2.53. The third kappa shape index (κ3) is 5.12. The van der Waals surface area contributed by atoms with Crippen molar-refractivity contribution < 1.29 is 31.8 Å². The highest BCUT2D eigenvalue weighted by atomic mass is 19.3. The van der Waals surface area contributed by atoms with E-state index < -0.39 is 19.0 Å². The number of ether oxygens (including phenoxy) is 2. The van der Waals surface area contributed by atoms with Gasteiger partial charge in [0.15, 0.2) is 5.78 Å². The van der Waals surface area contributed by atoms with Gasteiger partial charge in [-0.2, -0.15) is 17.6 Å². The van der Waals surface area contributed by atoms with Crippen LogP contribution < -0.4 is 9.47 Å². The van der Waals surface area contributed by atoms with Gasteiger partial charge in [-0.05, 0) is 30.4 Å². The Morgan fingerprint density at radius 2 is 1.62 bits per heavy atom. The summed E-state index contributed by atoms with van der Waals surface area (Å²) in [5.41, 5.74) is 0.405. The number of hydrogen-bond donors (Lipinski definition) is 0. The first-order chi connectivity index (χ1) is 11.5. The Hall–Kier alpha value is -2.83. The van der Waals surface area contributed by atoms with Crippen molar-refractivity contribution in [3.8, 4) is 11.5 Å². The summed E-state index contributed by atoms with van der Waals surface area (Å²) in [5, 5.41) is 0. The summed E-state index contributed by atoms with van der Waals surface area (Å²) < 4.78 is 57.6. The van der Waals surface area contributed by atoms with Crippen molar-refractivity contribution in [1.82, 2.24) is 0 Å². The van der Waals surface area contributed by atoms with E-state index in [1.165, 1.54) is 48.5 Å². The van der Waals surface area contributed by atoms with Gasteiger partial charge >= 0.3 is 13.2 Å². The summed E-state index contributed by atoms with van der Waals surface area (Å²) in [6.07, 6.45) is 2.44. The second-order valence-electron chi connectivity index (χ2n) is 4.52. The molecule has 0 aliphatic rings. The molecule has 0 radical (unpaired) electrons. The number of carbonyl (C=O) groups is 1. The normalized spacial score (nSPS) is 11.2. The van der Waals surface area contributed by atoms with Crippen molar-refractivity contribution in [3.05, 3.63) is 65.7 Å². The van der Waals surface area contributed by atoms with Crippen molar-refractivity contribution in [2.24, 2.45) is 0 Å². The highest BCUT2D eigenvalue weighted by molar-refractivity contribution is 6.07. The van der Waals surface area contributed by atoms with Gasteiger partial charge in [0.05, 0.1) is 0 Å². The summed E-state index contributed by atoms with van der Waals surface area (Å²) >= 11 is 0. The van der Waals surface area contributed by atoms with Gasteiger partial charge in [-0.3, -0.25) is 4.79 Å². The quantitative estimate of drug-likeness (QED) is 0.413. The number of benzene rings is 2. The minimum absolute atomic E-state index is 0.0775. The standard InChI is InChI=1S/C17H12F4O3/c18-16(19)23-13-6-3-5-12(10-13)14(22)9-8-11-4-1-2-7-15(11)24-17(20)21/h1-10,16-17H/b9-8+. The van der Waals surface area contributed by atoms with E-state index in [0.29, 0.717) is 0 Å². The zero-order chi connectivity index (χ0) is 17.5. The summed E-state index contributed by atoms with van der Waals surface area (Å²) in [6.45, 7) is -5.98. The Bertz CT molecular complexity index is 729. The molecule has 2 aromatic carbocycles. The molecule has 0 atom stereocenters. The highest BCUT2D eigenvalue weighted by Gasteiger charge is 2.09. The number of carbonyl (C=O) groups excluding carboxylic acids is 1. The molecule has 0 spiro atoms. The maximum absolute atomic E-state index is 12.3. The lowest BCUT2D eigenvalue weighted by atomic mass is 10.1. The summed E-state index contributed by atoms with van der Waals surface area (Å²) in [5.74, 6) is -0.724. The average molecular weight is 340 g/mol. The van der Waals surface area contributed by atoms with E-state index >= 15 is 0 Å². The molecule has 0 aliphatic carbocycles. The number of para-hydroxylation sites is 1. The second kappa shape index (κ2) is 8.14. The fourth-order valence-corrected chi connectivity index (χ4v) is 1.91. The molecule has 0 N–H and O–H groups in total. The van der Waals surface area contributed by atoms with Crippen LogP contribution in [-0.2, 0) is 0 Å². The lowest BCUT2D eigenvalue weighted by molar-refractivity contribution is -0.0506. The number of alkyl halides is 4. The summed E-state index contributed by atoms with van der Waals surface area (Å²) in [6, 6.07) is 11.2. The minimum atomic E-state index is -3.00. The van der Waals surface area contributed by atoms with E-state index in [2.05, 4.69) is 9.47 Å². The number of rotatable bonds is 7. The van der Waals surface area contributed by atoms with Gasteiger partial charge in [0, 0.05) is 11.1 Å². The SMILES string of the molecule is O=C(/C=C/c1ccccc1OC(F)F)c1cccc(OC(F)F)c1. The van der Waals surface area contributed by atoms with Gasteiger partial charge in [-0.15, -0.1) is 0 Å². The van der Waals surface area contributed by atoms with Crippen LogP contribution in [0, 0.1) is 0 Å². The van der Waals surface area contributed by atoms with E-state index in [1.807, 2.05) is 0 Å². The molecule has 0 amide bonds. The zero-order valence-electron chi connectivity index (χ0n) is 12.2. The van der Waals surface area contributed by atoms with E-state index in [0.717, 1.165) is 6.08 Å². The molecule has 3 nitrogen and oxygen atoms in total. The molecule has 0 unspecified atom stereocenters. The highest BCUT2D eigenvalue weighted by Crippen LogP contribution is 2.22.